The molecule has 116 valence electrons. The first-order chi connectivity index (χ1) is 10.7. The minimum atomic E-state index is 0.362. The Kier molecular flexibility index (Phi) is 4.32. The predicted molar refractivity (Wildman–Crippen MR) is 87.2 cm³/mol. The Hall–Kier alpha value is -2.44. The molecule has 7 heteroatoms. The van der Waals surface area contributed by atoms with Crippen LogP contribution < -0.4 is 15.1 Å². The lowest BCUT2D eigenvalue weighted by molar-refractivity contribution is 0.525. The summed E-state index contributed by atoms with van der Waals surface area (Å²) in [6.45, 7) is 1.93. The lowest BCUT2D eigenvalue weighted by Crippen LogP contribution is -2.42. The van der Waals surface area contributed by atoms with Gasteiger partial charge in [-0.15, -0.1) is 0 Å². The minimum absolute atomic E-state index is 0.362. The van der Waals surface area contributed by atoms with Crippen LogP contribution in [0.4, 0.5) is 17.5 Å². The maximum absolute atomic E-state index is 4.42. The van der Waals surface area contributed by atoms with Crippen LogP contribution in [0.2, 0.25) is 0 Å². The molecule has 0 aliphatic carbocycles. The molecule has 1 aliphatic heterocycles. The Balaban J connectivity index is 1.69. The van der Waals surface area contributed by atoms with Gasteiger partial charge >= 0.3 is 0 Å². The van der Waals surface area contributed by atoms with Gasteiger partial charge in [0.2, 0.25) is 0 Å². The monoisotopic (exact) mass is 299 g/mol. The summed E-state index contributed by atoms with van der Waals surface area (Å²) >= 11 is 0. The lowest BCUT2D eigenvalue weighted by atomic mass is 10.1. The van der Waals surface area contributed by atoms with E-state index in [1.807, 2.05) is 31.1 Å². The largest absolute Gasteiger partial charge is 0.365 e. The van der Waals surface area contributed by atoms with Crippen LogP contribution >= 0.6 is 0 Å². The average Bonchev–Trinajstić information content (AvgIpc) is 2.56. The molecule has 7 nitrogen and oxygen atoms in total. The molecule has 1 fully saturated rings. The number of anilines is 3. The van der Waals surface area contributed by atoms with Gasteiger partial charge in [0.05, 0.1) is 0 Å². The molecule has 3 rings (SSSR count). The fraction of sp³-hybridized carbons (Fsp3) is 0.467. The number of piperidine rings is 1. The molecular weight excluding hydrogens is 278 g/mol. The van der Waals surface area contributed by atoms with E-state index in [-0.39, 0.29) is 0 Å². The van der Waals surface area contributed by atoms with Gasteiger partial charge in [0.1, 0.15) is 30.1 Å². The van der Waals surface area contributed by atoms with Crippen LogP contribution in [0.25, 0.3) is 0 Å². The van der Waals surface area contributed by atoms with E-state index in [1.54, 1.807) is 18.9 Å². The Bertz CT molecular complexity index is 602. The fourth-order valence-corrected chi connectivity index (χ4v) is 2.64. The molecule has 0 aromatic carbocycles. The third-order valence-corrected chi connectivity index (χ3v) is 3.78. The highest BCUT2D eigenvalue weighted by atomic mass is 15.2. The molecule has 0 amide bonds. The second-order valence-electron chi connectivity index (χ2n) is 5.65. The normalized spacial score (nSPS) is 18.1. The third kappa shape index (κ3) is 3.41. The first-order valence-electron chi connectivity index (χ1n) is 7.49. The van der Waals surface area contributed by atoms with Crippen molar-refractivity contribution in [2.24, 2.45) is 0 Å². The van der Waals surface area contributed by atoms with Crippen molar-refractivity contribution in [1.82, 2.24) is 19.9 Å². The summed E-state index contributed by atoms with van der Waals surface area (Å²) < 4.78 is 0. The van der Waals surface area contributed by atoms with Crippen LogP contribution in [-0.2, 0) is 0 Å². The van der Waals surface area contributed by atoms with Gasteiger partial charge in [-0.2, -0.15) is 0 Å². The molecule has 2 aromatic rings. The zero-order valence-corrected chi connectivity index (χ0v) is 13.0. The van der Waals surface area contributed by atoms with Crippen molar-refractivity contribution in [3.8, 4) is 0 Å². The van der Waals surface area contributed by atoms with Crippen LogP contribution in [0.1, 0.15) is 12.8 Å². The summed E-state index contributed by atoms with van der Waals surface area (Å²) in [5.74, 6) is 2.78. The maximum atomic E-state index is 4.42. The van der Waals surface area contributed by atoms with Gasteiger partial charge in [-0.1, -0.05) is 0 Å². The molecule has 0 radical (unpaired) electrons. The molecule has 0 saturated carbocycles. The van der Waals surface area contributed by atoms with Crippen molar-refractivity contribution >= 4 is 17.5 Å². The van der Waals surface area contributed by atoms with E-state index in [0.717, 1.165) is 43.4 Å². The van der Waals surface area contributed by atoms with Crippen molar-refractivity contribution in [3.63, 3.8) is 0 Å². The fourth-order valence-electron chi connectivity index (χ4n) is 2.64. The van der Waals surface area contributed by atoms with Gasteiger partial charge in [-0.05, 0) is 18.9 Å². The van der Waals surface area contributed by atoms with E-state index < -0.39 is 0 Å². The molecule has 0 spiro atoms. The molecule has 1 aliphatic rings. The van der Waals surface area contributed by atoms with Gasteiger partial charge in [0.15, 0.2) is 0 Å². The number of rotatable bonds is 4. The first-order valence-corrected chi connectivity index (χ1v) is 7.49. The van der Waals surface area contributed by atoms with E-state index in [2.05, 4.69) is 30.2 Å². The van der Waals surface area contributed by atoms with E-state index in [9.17, 15) is 0 Å². The predicted octanol–water partition coefficient (Wildman–Crippen LogP) is 1.41. The number of hydrogen-bond acceptors (Lipinski definition) is 7. The molecule has 1 unspecified atom stereocenters. The molecular formula is C15H21N7. The van der Waals surface area contributed by atoms with Crippen molar-refractivity contribution in [3.05, 3.63) is 31.0 Å². The van der Waals surface area contributed by atoms with Gasteiger partial charge < -0.3 is 15.1 Å². The summed E-state index contributed by atoms with van der Waals surface area (Å²) in [6, 6.07) is 4.29. The van der Waals surface area contributed by atoms with E-state index in [4.69, 9.17) is 0 Å². The third-order valence-electron chi connectivity index (χ3n) is 3.78. The summed E-state index contributed by atoms with van der Waals surface area (Å²) in [5, 5.41) is 3.47. The zero-order valence-electron chi connectivity index (χ0n) is 13.0. The summed E-state index contributed by atoms with van der Waals surface area (Å²) in [4.78, 5) is 21.2. The van der Waals surface area contributed by atoms with Crippen molar-refractivity contribution in [1.29, 1.82) is 0 Å². The Labute approximate surface area is 130 Å². The Morgan fingerprint density at radius 3 is 2.91 bits per heavy atom. The number of nitrogens with one attached hydrogen (secondary N) is 1. The van der Waals surface area contributed by atoms with Gasteiger partial charge in [-0.25, -0.2) is 19.9 Å². The van der Waals surface area contributed by atoms with Crippen LogP contribution in [0.15, 0.2) is 31.0 Å². The second kappa shape index (κ2) is 6.55. The van der Waals surface area contributed by atoms with Crippen LogP contribution in [0.5, 0.6) is 0 Å². The zero-order chi connectivity index (χ0) is 15.4. The molecule has 3 heterocycles. The highest BCUT2D eigenvalue weighted by Crippen LogP contribution is 2.21. The minimum Gasteiger partial charge on any atom is -0.365 e. The van der Waals surface area contributed by atoms with Crippen LogP contribution in [0, 0.1) is 0 Å². The molecule has 1 N–H and O–H groups in total. The van der Waals surface area contributed by atoms with E-state index in [0.29, 0.717) is 6.04 Å². The standard InChI is InChI=1S/C15H21N7/c1-21(2)14-8-15(19-11-18-14)22-7-3-4-12(9-22)20-13-5-6-16-10-17-13/h5-6,8,10-12H,3-4,7,9H2,1-2H3,(H,16,17,20). The second-order valence-corrected chi connectivity index (χ2v) is 5.65. The Morgan fingerprint density at radius 1 is 1.23 bits per heavy atom. The van der Waals surface area contributed by atoms with Crippen LogP contribution in [0.3, 0.4) is 0 Å². The maximum Gasteiger partial charge on any atom is 0.134 e. The van der Waals surface area contributed by atoms with Crippen molar-refractivity contribution in [2.45, 2.75) is 18.9 Å². The quantitative estimate of drug-likeness (QED) is 0.915. The number of nitrogens with zero attached hydrogens (tertiary/aromatic N) is 6. The smallest absolute Gasteiger partial charge is 0.134 e. The molecule has 22 heavy (non-hydrogen) atoms. The summed E-state index contributed by atoms with van der Waals surface area (Å²) in [5.41, 5.74) is 0. The lowest BCUT2D eigenvalue weighted by Gasteiger charge is -2.34. The summed E-state index contributed by atoms with van der Waals surface area (Å²) in [7, 11) is 3.98. The topological polar surface area (TPSA) is 70.1 Å². The molecule has 2 aromatic heterocycles. The van der Waals surface area contributed by atoms with Crippen molar-refractivity contribution in [2.75, 3.05) is 42.3 Å². The van der Waals surface area contributed by atoms with Crippen LogP contribution in [-0.4, -0.2) is 53.2 Å². The van der Waals surface area contributed by atoms with E-state index in [1.165, 1.54) is 0 Å². The average molecular weight is 299 g/mol. The SMILES string of the molecule is CN(C)c1cc(N2CCCC(Nc3ccncn3)C2)ncn1. The highest BCUT2D eigenvalue weighted by Gasteiger charge is 2.21. The molecule has 1 saturated heterocycles. The molecule has 1 atom stereocenters. The summed E-state index contributed by atoms with van der Waals surface area (Å²) in [6.07, 6.45) is 7.21. The van der Waals surface area contributed by atoms with Gasteiger partial charge in [0, 0.05) is 45.5 Å². The number of aromatic nitrogens is 4. The Morgan fingerprint density at radius 2 is 2.14 bits per heavy atom. The van der Waals surface area contributed by atoms with Gasteiger partial charge in [0.25, 0.3) is 0 Å². The first kappa shape index (κ1) is 14.5. The molecule has 0 bridgehead atoms. The number of hydrogen-bond donors (Lipinski definition) is 1. The van der Waals surface area contributed by atoms with Gasteiger partial charge in [-0.3, -0.25) is 0 Å². The van der Waals surface area contributed by atoms with Crippen molar-refractivity contribution < 1.29 is 0 Å². The van der Waals surface area contributed by atoms with E-state index >= 15 is 0 Å². The highest BCUT2D eigenvalue weighted by molar-refractivity contribution is 5.50.